The third kappa shape index (κ3) is 3.63. The van der Waals surface area contributed by atoms with E-state index in [1.165, 1.54) is 11.1 Å². The molecule has 98 valence electrons. The summed E-state index contributed by atoms with van der Waals surface area (Å²) in [6, 6.07) is 9.35. The van der Waals surface area contributed by atoms with Crippen molar-refractivity contribution in [1.29, 1.82) is 0 Å². The zero-order valence-corrected chi connectivity index (χ0v) is 10.9. The van der Waals surface area contributed by atoms with Gasteiger partial charge >= 0.3 is 0 Å². The number of aromatic nitrogens is 1. The molecule has 0 bridgehead atoms. The van der Waals surface area contributed by atoms with E-state index in [1.54, 1.807) is 12.3 Å². The molecule has 0 spiro atoms. The molecule has 1 aromatic heterocycles. The molecule has 0 radical (unpaired) electrons. The SMILES string of the molecule is Cc1cnccc1CNCc1cccc(C(N)=O)c1. The monoisotopic (exact) mass is 255 g/mol. The quantitative estimate of drug-likeness (QED) is 0.855. The van der Waals surface area contributed by atoms with Crippen LogP contribution in [-0.4, -0.2) is 10.9 Å². The second kappa shape index (κ2) is 6.11. The van der Waals surface area contributed by atoms with Gasteiger partial charge in [-0.25, -0.2) is 0 Å². The van der Waals surface area contributed by atoms with Crippen LogP contribution in [0, 0.1) is 6.92 Å². The average molecular weight is 255 g/mol. The van der Waals surface area contributed by atoms with Gasteiger partial charge in [0.25, 0.3) is 0 Å². The Morgan fingerprint density at radius 3 is 2.89 bits per heavy atom. The smallest absolute Gasteiger partial charge is 0.248 e. The van der Waals surface area contributed by atoms with Crippen LogP contribution in [0.25, 0.3) is 0 Å². The lowest BCUT2D eigenvalue weighted by Gasteiger charge is -2.08. The van der Waals surface area contributed by atoms with Gasteiger partial charge < -0.3 is 11.1 Å². The lowest BCUT2D eigenvalue weighted by atomic mass is 10.1. The molecule has 4 heteroatoms. The molecule has 0 aliphatic carbocycles. The lowest BCUT2D eigenvalue weighted by molar-refractivity contribution is 0.1000. The van der Waals surface area contributed by atoms with Crippen LogP contribution in [0.5, 0.6) is 0 Å². The summed E-state index contributed by atoms with van der Waals surface area (Å²) >= 11 is 0. The van der Waals surface area contributed by atoms with Gasteiger partial charge in [0.15, 0.2) is 0 Å². The third-order valence-corrected chi connectivity index (χ3v) is 2.99. The molecule has 1 heterocycles. The number of rotatable bonds is 5. The Morgan fingerprint density at radius 1 is 1.32 bits per heavy atom. The number of carbonyl (C=O) groups is 1. The number of primary amides is 1. The van der Waals surface area contributed by atoms with Crippen LogP contribution in [0.2, 0.25) is 0 Å². The summed E-state index contributed by atoms with van der Waals surface area (Å²) in [7, 11) is 0. The highest BCUT2D eigenvalue weighted by molar-refractivity contribution is 5.92. The van der Waals surface area contributed by atoms with Crippen molar-refractivity contribution in [2.75, 3.05) is 0 Å². The molecule has 2 rings (SSSR count). The molecular formula is C15H17N3O. The van der Waals surface area contributed by atoms with Crippen molar-refractivity contribution in [3.63, 3.8) is 0 Å². The summed E-state index contributed by atoms with van der Waals surface area (Å²) in [5.74, 6) is -0.396. The molecule has 19 heavy (non-hydrogen) atoms. The molecule has 4 nitrogen and oxygen atoms in total. The number of hydrogen-bond donors (Lipinski definition) is 2. The van der Waals surface area contributed by atoms with E-state index in [0.717, 1.165) is 12.1 Å². The number of nitrogens with zero attached hydrogens (tertiary/aromatic N) is 1. The molecule has 3 N–H and O–H groups in total. The Hall–Kier alpha value is -2.20. The van der Waals surface area contributed by atoms with Crippen LogP contribution in [-0.2, 0) is 13.1 Å². The third-order valence-electron chi connectivity index (χ3n) is 2.99. The number of aryl methyl sites for hydroxylation is 1. The first kappa shape index (κ1) is 13.2. The van der Waals surface area contributed by atoms with E-state index in [0.29, 0.717) is 12.1 Å². The number of nitrogens with two attached hydrogens (primary N) is 1. The summed E-state index contributed by atoms with van der Waals surface area (Å²) in [5.41, 5.74) is 9.23. The molecule has 1 amide bonds. The van der Waals surface area contributed by atoms with Gasteiger partial charge in [-0.1, -0.05) is 12.1 Å². The minimum absolute atomic E-state index is 0.396. The first-order chi connectivity index (χ1) is 9.16. The highest BCUT2D eigenvalue weighted by atomic mass is 16.1. The Bertz CT molecular complexity index is 581. The number of amides is 1. The fourth-order valence-corrected chi connectivity index (χ4v) is 1.88. The normalized spacial score (nSPS) is 10.4. The van der Waals surface area contributed by atoms with Gasteiger partial charge in [-0.05, 0) is 41.8 Å². The van der Waals surface area contributed by atoms with Crippen LogP contribution in [0.3, 0.4) is 0 Å². The standard InChI is InChI=1S/C15H17N3O/c1-11-8-17-6-5-14(11)10-18-9-12-3-2-4-13(7-12)15(16)19/h2-8,18H,9-10H2,1H3,(H2,16,19). The molecule has 0 aliphatic heterocycles. The summed E-state index contributed by atoms with van der Waals surface area (Å²) in [4.78, 5) is 15.2. The van der Waals surface area contributed by atoms with E-state index in [-0.39, 0.29) is 0 Å². The molecule has 0 unspecified atom stereocenters. The number of hydrogen-bond acceptors (Lipinski definition) is 3. The van der Waals surface area contributed by atoms with E-state index >= 15 is 0 Å². The minimum Gasteiger partial charge on any atom is -0.366 e. The first-order valence-corrected chi connectivity index (χ1v) is 6.16. The molecule has 0 aliphatic rings. The Balaban J connectivity index is 1.94. The van der Waals surface area contributed by atoms with E-state index < -0.39 is 5.91 Å². The van der Waals surface area contributed by atoms with Crippen LogP contribution in [0.1, 0.15) is 27.0 Å². The molecular weight excluding hydrogens is 238 g/mol. The van der Waals surface area contributed by atoms with Crippen LogP contribution >= 0.6 is 0 Å². The molecule has 1 aromatic carbocycles. The van der Waals surface area contributed by atoms with Crippen LogP contribution in [0.15, 0.2) is 42.7 Å². The second-order valence-electron chi connectivity index (χ2n) is 4.47. The van der Waals surface area contributed by atoms with E-state index in [1.807, 2.05) is 37.4 Å². The maximum absolute atomic E-state index is 11.1. The van der Waals surface area contributed by atoms with Gasteiger partial charge in [-0.2, -0.15) is 0 Å². The van der Waals surface area contributed by atoms with Gasteiger partial charge in [-0.15, -0.1) is 0 Å². The highest BCUT2D eigenvalue weighted by Gasteiger charge is 2.01. The Labute approximate surface area is 112 Å². The van der Waals surface area contributed by atoms with E-state index in [2.05, 4.69) is 10.3 Å². The predicted octanol–water partition coefficient (Wildman–Crippen LogP) is 1.78. The Kier molecular flexibility index (Phi) is 4.26. The van der Waals surface area contributed by atoms with Gasteiger partial charge in [0.2, 0.25) is 5.91 Å². The molecule has 0 saturated carbocycles. The number of pyridine rings is 1. The maximum Gasteiger partial charge on any atom is 0.248 e. The van der Waals surface area contributed by atoms with Crippen molar-refractivity contribution >= 4 is 5.91 Å². The summed E-state index contributed by atoms with van der Waals surface area (Å²) in [6.07, 6.45) is 3.64. The predicted molar refractivity (Wildman–Crippen MR) is 74.5 cm³/mol. The fraction of sp³-hybridized carbons (Fsp3) is 0.200. The lowest BCUT2D eigenvalue weighted by Crippen LogP contribution is -2.15. The van der Waals surface area contributed by atoms with Crippen molar-refractivity contribution in [3.05, 3.63) is 65.0 Å². The highest BCUT2D eigenvalue weighted by Crippen LogP contribution is 2.07. The average Bonchev–Trinajstić information content (AvgIpc) is 2.41. The molecule has 0 fully saturated rings. The van der Waals surface area contributed by atoms with Gasteiger partial charge in [-0.3, -0.25) is 9.78 Å². The largest absolute Gasteiger partial charge is 0.366 e. The second-order valence-corrected chi connectivity index (χ2v) is 4.47. The van der Waals surface area contributed by atoms with Crippen molar-refractivity contribution in [3.8, 4) is 0 Å². The first-order valence-electron chi connectivity index (χ1n) is 6.16. The molecule has 0 saturated heterocycles. The summed E-state index contributed by atoms with van der Waals surface area (Å²) in [5, 5.41) is 3.35. The fourth-order valence-electron chi connectivity index (χ4n) is 1.88. The van der Waals surface area contributed by atoms with Gasteiger partial charge in [0, 0.05) is 31.0 Å². The number of nitrogens with one attached hydrogen (secondary N) is 1. The number of carbonyl (C=O) groups excluding carboxylic acids is 1. The van der Waals surface area contributed by atoms with Crippen molar-refractivity contribution in [2.24, 2.45) is 5.73 Å². The van der Waals surface area contributed by atoms with E-state index in [4.69, 9.17) is 5.73 Å². The summed E-state index contributed by atoms with van der Waals surface area (Å²) < 4.78 is 0. The van der Waals surface area contributed by atoms with Gasteiger partial charge in [0.05, 0.1) is 0 Å². The Morgan fingerprint density at radius 2 is 2.16 bits per heavy atom. The number of benzene rings is 1. The zero-order valence-electron chi connectivity index (χ0n) is 10.9. The zero-order chi connectivity index (χ0) is 13.7. The molecule has 0 atom stereocenters. The maximum atomic E-state index is 11.1. The van der Waals surface area contributed by atoms with Crippen molar-refractivity contribution < 1.29 is 4.79 Å². The van der Waals surface area contributed by atoms with Gasteiger partial charge in [0.1, 0.15) is 0 Å². The van der Waals surface area contributed by atoms with Crippen molar-refractivity contribution in [2.45, 2.75) is 20.0 Å². The van der Waals surface area contributed by atoms with E-state index in [9.17, 15) is 4.79 Å². The minimum atomic E-state index is -0.396. The topological polar surface area (TPSA) is 68.0 Å². The van der Waals surface area contributed by atoms with Crippen LogP contribution < -0.4 is 11.1 Å². The molecule has 2 aromatic rings. The summed E-state index contributed by atoms with van der Waals surface area (Å²) in [6.45, 7) is 3.51. The van der Waals surface area contributed by atoms with Crippen molar-refractivity contribution in [1.82, 2.24) is 10.3 Å². The van der Waals surface area contributed by atoms with Crippen LogP contribution in [0.4, 0.5) is 0 Å².